The number of halogens is 2. The van der Waals surface area contributed by atoms with E-state index in [-0.39, 0.29) is 17.7 Å². The largest absolute Gasteiger partial charge is 0.313 e. The van der Waals surface area contributed by atoms with Crippen LogP contribution in [0, 0.1) is 36.3 Å². The minimum Gasteiger partial charge on any atom is -0.313 e. The van der Waals surface area contributed by atoms with Gasteiger partial charge in [-0.3, -0.25) is 0 Å². The maximum absolute atomic E-state index is 14.1. The summed E-state index contributed by atoms with van der Waals surface area (Å²) in [7, 11) is 1.84. The molecule has 0 heterocycles. The summed E-state index contributed by atoms with van der Waals surface area (Å²) in [5, 5.41) is 3.19. The van der Waals surface area contributed by atoms with Crippen LogP contribution in [0.5, 0.6) is 0 Å². The van der Waals surface area contributed by atoms with Crippen LogP contribution in [0.15, 0.2) is 12.1 Å². The molecule has 1 nitrogen and oxygen atoms in total. The van der Waals surface area contributed by atoms with Crippen molar-refractivity contribution >= 4 is 0 Å². The Balaban J connectivity index is 1.78. The van der Waals surface area contributed by atoms with Crippen LogP contribution < -0.4 is 5.32 Å². The lowest BCUT2D eigenvalue weighted by Gasteiger charge is -2.27. The zero-order valence-corrected chi connectivity index (χ0v) is 12.3. The summed E-state index contributed by atoms with van der Waals surface area (Å²) in [6.07, 6.45) is 6.26. The summed E-state index contributed by atoms with van der Waals surface area (Å²) >= 11 is 0. The molecule has 110 valence electrons. The molecule has 2 aliphatic rings. The first-order valence-electron chi connectivity index (χ1n) is 7.71. The first-order valence-corrected chi connectivity index (χ1v) is 7.71. The highest BCUT2D eigenvalue weighted by atomic mass is 19.1. The Morgan fingerprint density at radius 2 is 2.00 bits per heavy atom. The van der Waals surface area contributed by atoms with Gasteiger partial charge in [-0.15, -0.1) is 0 Å². The van der Waals surface area contributed by atoms with E-state index < -0.39 is 0 Å². The van der Waals surface area contributed by atoms with E-state index in [9.17, 15) is 8.78 Å². The first-order chi connectivity index (χ1) is 9.58. The number of nitrogens with one attached hydrogen (secondary N) is 1. The molecule has 4 unspecified atom stereocenters. The topological polar surface area (TPSA) is 12.0 Å². The lowest BCUT2D eigenvalue weighted by molar-refractivity contribution is 0.281. The van der Waals surface area contributed by atoms with E-state index in [4.69, 9.17) is 0 Å². The highest BCUT2D eigenvalue weighted by molar-refractivity contribution is 5.28. The molecule has 0 aromatic heterocycles. The molecule has 0 saturated heterocycles. The third kappa shape index (κ3) is 2.48. The van der Waals surface area contributed by atoms with Crippen molar-refractivity contribution in [3.8, 4) is 0 Å². The molecule has 2 aliphatic carbocycles. The Labute approximate surface area is 119 Å². The van der Waals surface area contributed by atoms with E-state index in [0.717, 1.165) is 18.3 Å². The van der Waals surface area contributed by atoms with Crippen molar-refractivity contribution in [1.29, 1.82) is 0 Å². The second-order valence-corrected chi connectivity index (χ2v) is 6.63. The van der Waals surface area contributed by atoms with Crippen LogP contribution in [0.1, 0.15) is 49.3 Å². The monoisotopic (exact) mass is 279 g/mol. The minimum absolute atomic E-state index is 0.0746. The van der Waals surface area contributed by atoms with E-state index in [0.29, 0.717) is 17.0 Å². The average molecular weight is 279 g/mol. The van der Waals surface area contributed by atoms with Gasteiger partial charge in [0.05, 0.1) is 0 Å². The molecule has 1 N–H and O–H groups in total. The zero-order chi connectivity index (χ0) is 14.3. The Kier molecular flexibility index (Phi) is 3.80. The number of aryl methyl sites for hydroxylation is 1. The smallest absolute Gasteiger partial charge is 0.128 e. The van der Waals surface area contributed by atoms with Crippen molar-refractivity contribution in [3.05, 3.63) is 34.9 Å². The molecule has 1 aromatic carbocycles. The average Bonchev–Trinajstić information content (AvgIpc) is 3.03. The maximum Gasteiger partial charge on any atom is 0.128 e. The van der Waals surface area contributed by atoms with Crippen molar-refractivity contribution in [2.45, 2.75) is 45.1 Å². The van der Waals surface area contributed by atoms with Gasteiger partial charge >= 0.3 is 0 Å². The van der Waals surface area contributed by atoms with Gasteiger partial charge in [-0.2, -0.15) is 0 Å². The quantitative estimate of drug-likeness (QED) is 0.863. The third-order valence-electron chi connectivity index (χ3n) is 5.42. The fourth-order valence-corrected chi connectivity index (χ4v) is 4.30. The third-order valence-corrected chi connectivity index (χ3v) is 5.42. The molecule has 1 aromatic rings. The first kappa shape index (κ1) is 14.0. The summed E-state index contributed by atoms with van der Waals surface area (Å²) in [6.45, 7) is 1.60. The van der Waals surface area contributed by atoms with Crippen LogP contribution in [-0.4, -0.2) is 7.05 Å². The van der Waals surface area contributed by atoms with Gasteiger partial charge in [0.2, 0.25) is 0 Å². The number of rotatable bonds is 4. The number of hydrogen-bond acceptors (Lipinski definition) is 1. The molecular formula is C17H23F2N. The van der Waals surface area contributed by atoms with Gasteiger partial charge in [-0.05, 0) is 75.1 Å². The van der Waals surface area contributed by atoms with Gasteiger partial charge < -0.3 is 5.32 Å². The van der Waals surface area contributed by atoms with Gasteiger partial charge in [-0.25, -0.2) is 8.78 Å². The summed E-state index contributed by atoms with van der Waals surface area (Å²) in [5.41, 5.74) is 0.861. The second-order valence-electron chi connectivity index (χ2n) is 6.63. The van der Waals surface area contributed by atoms with Crippen LogP contribution in [0.4, 0.5) is 8.78 Å². The van der Waals surface area contributed by atoms with E-state index in [1.807, 2.05) is 7.05 Å². The predicted octanol–water partition coefficient (Wildman–Crippen LogP) is 4.36. The predicted molar refractivity (Wildman–Crippen MR) is 76.5 cm³/mol. The van der Waals surface area contributed by atoms with Crippen LogP contribution in [0.3, 0.4) is 0 Å². The van der Waals surface area contributed by atoms with E-state index in [1.165, 1.54) is 37.8 Å². The molecule has 2 fully saturated rings. The van der Waals surface area contributed by atoms with E-state index >= 15 is 0 Å². The molecule has 0 radical (unpaired) electrons. The van der Waals surface area contributed by atoms with Crippen LogP contribution in [0.25, 0.3) is 0 Å². The molecule has 0 amide bonds. The van der Waals surface area contributed by atoms with E-state index in [2.05, 4.69) is 5.32 Å². The fourth-order valence-electron chi connectivity index (χ4n) is 4.30. The summed E-state index contributed by atoms with van der Waals surface area (Å²) in [6, 6.07) is 2.61. The van der Waals surface area contributed by atoms with E-state index in [1.54, 1.807) is 6.92 Å². The standard InChI is InChI=1S/C17H23F2N/c1-10-5-16(19)14(9-15(10)18)17(20-2)8-13-7-11-3-4-12(13)6-11/h5,9,11-13,17,20H,3-4,6-8H2,1-2H3. The lowest BCUT2D eigenvalue weighted by Crippen LogP contribution is -2.23. The highest BCUT2D eigenvalue weighted by Gasteiger charge is 2.40. The number of fused-ring (bicyclic) bond motifs is 2. The Hall–Kier alpha value is -0.960. The molecule has 0 spiro atoms. The van der Waals surface area contributed by atoms with Gasteiger partial charge in [0.1, 0.15) is 11.6 Å². The van der Waals surface area contributed by atoms with Gasteiger partial charge in [0.15, 0.2) is 0 Å². The van der Waals surface area contributed by atoms with Crippen molar-refractivity contribution in [2.24, 2.45) is 17.8 Å². The van der Waals surface area contributed by atoms with Gasteiger partial charge in [-0.1, -0.05) is 6.42 Å². The fraction of sp³-hybridized carbons (Fsp3) is 0.647. The van der Waals surface area contributed by atoms with Crippen LogP contribution in [0.2, 0.25) is 0 Å². The van der Waals surface area contributed by atoms with Crippen LogP contribution in [-0.2, 0) is 0 Å². The van der Waals surface area contributed by atoms with Gasteiger partial charge in [0, 0.05) is 11.6 Å². The van der Waals surface area contributed by atoms with Crippen molar-refractivity contribution < 1.29 is 8.78 Å². The van der Waals surface area contributed by atoms with Crippen molar-refractivity contribution in [2.75, 3.05) is 7.05 Å². The molecule has 2 bridgehead atoms. The summed E-state index contributed by atoms with van der Waals surface area (Å²) in [4.78, 5) is 0. The lowest BCUT2D eigenvalue weighted by atomic mass is 9.82. The highest BCUT2D eigenvalue weighted by Crippen LogP contribution is 2.51. The zero-order valence-electron chi connectivity index (χ0n) is 12.3. The molecule has 4 atom stereocenters. The minimum atomic E-state index is -0.311. The number of benzene rings is 1. The molecular weight excluding hydrogens is 256 g/mol. The molecule has 3 rings (SSSR count). The molecule has 3 heteroatoms. The summed E-state index contributed by atoms with van der Waals surface area (Å²) in [5.74, 6) is 1.78. The number of hydrogen-bond donors (Lipinski definition) is 1. The van der Waals surface area contributed by atoms with Crippen molar-refractivity contribution in [1.82, 2.24) is 5.32 Å². The molecule has 2 saturated carbocycles. The van der Waals surface area contributed by atoms with Gasteiger partial charge in [0.25, 0.3) is 0 Å². The molecule has 20 heavy (non-hydrogen) atoms. The Morgan fingerprint density at radius 1 is 1.20 bits per heavy atom. The normalized spacial score (nSPS) is 29.9. The van der Waals surface area contributed by atoms with Crippen molar-refractivity contribution in [3.63, 3.8) is 0 Å². The molecule has 0 aliphatic heterocycles. The SMILES string of the molecule is CNC(CC1CC2CCC1C2)c1cc(F)c(C)cc1F. The Morgan fingerprint density at radius 3 is 2.60 bits per heavy atom. The summed E-state index contributed by atoms with van der Waals surface area (Å²) < 4.78 is 27.8. The Bertz CT molecular complexity index is 500. The second kappa shape index (κ2) is 5.44. The van der Waals surface area contributed by atoms with Crippen LogP contribution >= 0.6 is 0 Å². The maximum atomic E-state index is 14.1.